The van der Waals surface area contributed by atoms with Gasteiger partial charge in [0.15, 0.2) is 6.21 Å². The third kappa shape index (κ3) is 4.49. The Bertz CT molecular complexity index is 1050. The van der Waals surface area contributed by atoms with E-state index in [2.05, 4.69) is 15.5 Å². The molecule has 0 atom stereocenters. The number of aromatic nitrogens is 2. The highest BCUT2D eigenvalue weighted by Crippen LogP contribution is 2.28. The van der Waals surface area contributed by atoms with Crippen LogP contribution in [0.25, 0.3) is 11.3 Å². The van der Waals surface area contributed by atoms with Crippen LogP contribution in [0.4, 0.5) is 23.1 Å². The molecule has 3 aromatic rings. The van der Waals surface area contributed by atoms with Crippen molar-refractivity contribution >= 4 is 29.4 Å². The number of anilines is 4. The maximum Gasteiger partial charge on any atom is 0.227 e. The van der Waals surface area contributed by atoms with Crippen LogP contribution in [0.1, 0.15) is 12.0 Å². The lowest BCUT2D eigenvalue weighted by Gasteiger charge is -2.21. The number of phenolic OH excluding ortho intramolecular Hbond substituents is 1. The second-order valence-corrected chi connectivity index (χ2v) is 7.21. The van der Waals surface area contributed by atoms with Crippen molar-refractivity contribution in [1.29, 1.82) is 0 Å². The summed E-state index contributed by atoms with van der Waals surface area (Å²) in [7, 11) is 0. The van der Waals surface area contributed by atoms with E-state index in [0.717, 1.165) is 55.1 Å². The van der Waals surface area contributed by atoms with Crippen molar-refractivity contribution in [2.45, 2.75) is 6.42 Å². The smallest absolute Gasteiger partial charge is 0.227 e. The molecule has 0 spiro atoms. The molecule has 0 unspecified atom stereocenters. The van der Waals surface area contributed by atoms with Gasteiger partial charge in [0, 0.05) is 42.6 Å². The number of nitrogens with one attached hydrogen (secondary N) is 2. The largest absolute Gasteiger partial charge is 0.508 e. The van der Waals surface area contributed by atoms with Gasteiger partial charge in [0.25, 0.3) is 0 Å². The zero-order valence-electron chi connectivity index (χ0n) is 16.7. The summed E-state index contributed by atoms with van der Waals surface area (Å²) < 4.78 is 0. The van der Waals surface area contributed by atoms with Gasteiger partial charge in [-0.25, -0.2) is 4.98 Å². The van der Waals surface area contributed by atoms with Crippen molar-refractivity contribution in [2.24, 2.45) is 0 Å². The van der Waals surface area contributed by atoms with E-state index >= 15 is 0 Å². The summed E-state index contributed by atoms with van der Waals surface area (Å²) in [5, 5.41) is 22.3. The average molecular weight is 404 g/mol. The van der Waals surface area contributed by atoms with Crippen LogP contribution in [0.15, 0.2) is 48.5 Å². The Morgan fingerprint density at radius 2 is 2.00 bits per heavy atom. The van der Waals surface area contributed by atoms with Crippen molar-refractivity contribution in [3.8, 4) is 17.0 Å². The van der Waals surface area contributed by atoms with Crippen molar-refractivity contribution in [1.82, 2.24) is 15.3 Å². The van der Waals surface area contributed by atoms with E-state index in [1.54, 1.807) is 24.3 Å². The van der Waals surface area contributed by atoms with E-state index < -0.39 is 0 Å². The molecule has 0 aliphatic carbocycles. The molecule has 4 rings (SSSR count). The lowest BCUT2D eigenvalue weighted by atomic mass is 10.1. The summed E-state index contributed by atoms with van der Waals surface area (Å²) in [5.41, 5.74) is 9.69. The minimum Gasteiger partial charge on any atom is -0.508 e. The molecule has 1 aliphatic heterocycles. The summed E-state index contributed by atoms with van der Waals surface area (Å²) in [6.45, 7) is 3.58. The van der Waals surface area contributed by atoms with Gasteiger partial charge in [-0.2, -0.15) is 4.98 Å². The van der Waals surface area contributed by atoms with Gasteiger partial charge in [-0.15, -0.1) is 0 Å². The predicted molar refractivity (Wildman–Crippen MR) is 120 cm³/mol. The Balaban J connectivity index is 1.73. The summed E-state index contributed by atoms with van der Waals surface area (Å²) >= 11 is 0. The molecule has 1 fully saturated rings. The number of rotatable bonds is 5. The SMILES string of the molecule is Nc1ccc(Nc2cc(-c3cccc(O)c3)nc(N3CCCNCC3)n2)cc1C=[NH2+]. The van der Waals surface area contributed by atoms with Gasteiger partial charge in [-0.3, -0.25) is 5.41 Å². The quantitative estimate of drug-likeness (QED) is 0.319. The second kappa shape index (κ2) is 8.79. The predicted octanol–water partition coefficient (Wildman–Crippen LogP) is 1.15. The molecule has 1 aromatic heterocycles. The van der Waals surface area contributed by atoms with Crippen LogP contribution in [-0.4, -0.2) is 47.5 Å². The summed E-state index contributed by atoms with van der Waals surface area (Å²) in [5.74, 6) is 1.51. The molecule has 0 saturated carbocycles. The van der Waals surface area contributed by atoms with Crippen LogP contribution < -0.4 is 26.7 Å². The van der Waals surface area contributed by atoms with E-state index in [9.17, 15) is 5.11 Å². The Morgan fingerprint density at radius 1 is 1.10 bits per heavy atom. The number of aromatic hydroxyl groups is 1. The molecule has 154 valence electrons. The molecule has 1 saturated heterocycles. The van der Waals surface area contributed by atoms with Crippen molar-refractivity contribution in [3.05, 3.63) is 54.1 Å². The number of nitrogens with zero attached hydrogens (tertiary/aromatic N) is 3. The summed E-state index contributed by atoms with van der Waals surface area (Å²) in [6.07, 6.45) is 2.50. The highest BCUT2D eigenvalue weighted by Gasteiger charge is 2.16. The molecule has 8 nitrogen and oxygen atoms in total. The molecule has 1 aliphatic rings. The molecule has 0 radical (unpaired) electrons. The number of nitrogens with two attached hydrogens (primary N) is 2. The zero-order chi connectivity index (χ0) is 20.9. The maximum absolute atomic E-state index is 9.91. The van der Waals surface area contributed by atoms with Crippen LogP contribution in [0.5, 0.6) is 5.75 Å². The molecular weight excluding hydrogens is 378 g/mol. The molecule has 7 N–H and O–H groups in total. The van der Waals surface area contributed by atoms with Crippen LogP contribution in [0.3, 0.4) is 0 Å². The lowest BCUT2D eigenvalue weighted by Crippen LogP contribution is -2.30. The van der Waals surface area contributed by atoms with Crippen molar-refractivity contribution < 1.29 is 10.5 Å². The van der Waals surface area contributed by atoms with Gasteiger partial charge in [-0.05, 0) is 43.3 Å². The third-order valence-corrected chi connectivity index (χ3v) is 5.02. The van der Waals surface area contributed by atoms with Crippen molar-refractivity contribution in [3.63, 3.8) is 0 Å². The number of nitrogen functional groups attached to an aromatic ring is 1. The highest BCUT2D eigenvalue weighted by atomic mass is 16.3. The zero-order valence-corrected chi connectivity index (χ0v) is 16.7. The fourth-order valence-electron chi connectivity index (χ4n) is 3.44. The average Bonchev–Trinajstić information content (AvgIpc) is 3.04. The molecule has 0 amide bonds. The first-order chi connectivity index (χ1) is 14.6. The van der Waals surface area contributed by atoms with E-state index in [1.165, 1.54) is 6.21 Å². The molecule has 30 heavy (non-hydrogen) atoms. The third-order valence-electron chi connectivity index (χ3n) is 5.02. The Kier molecular flexibility index (Phi) is 5.76. The van der Waals surface area contributed by atoms with Crippen LogP contribution >= 0.6 is 0 Å². The molecule has 2 aromatic carbocycles. The van der Waals surface area contributed by atoms with Crippen LogP contribution in [0.2, 0.25) is 0 Å². The second-order valence-electron chi connectivity index (χ2n) is 7.21. The Morgan fingerprint density at radius 3 is 2.83 bits per heavy atom. The minimum absolute atomic E-state index is 0.197. The van der Waals surface area contributed by atoms with Gasteiger partial charge in [-0.1, -0.05) is 12.1 Å². The molecule has 2 heterocycles. The Hall–Kier alpha value is -3.65. The van der Waals surface area contributed by atoms with E-state index in [4.69, 9.17) is 21.1 Å². The first-order valence-corrected chi connectivity index (χ1v) is 9.98. The lowest BCUT2D eigenvalue weighted by molar-refractivity contribution is -0.104. The first-order valence-electron chi connectivity index (χ1n) is 9.98. The molecule has 0 bridgehead atoms. The Labute approximate surface area is 175 Å². The van der Waals surface area contributed by atoms with Gasteiger partial charge in [0.05, 0.1) is 11.3 Å². The van der Waals surface area contributed by atoms with Crippen LogP contribution in [-0.2, 0) is 0 Å². The number of phenols is 1. The van der Waals surface area contributed by atoms with Crippen LogP contribution in [0, 0.1) is 0 Å². The highest BCUT2D eigenvalue weighted by molar-refractivity contribution is 5.85. The van der Waals surface area contributed by atoms with Gasteiger partial charge in [0.1, 0.15) is 11.6 Å². The standard InChI is InChI=1S/C22H25N7O/c23-14-16-11-17(5-6-19(16)24)26-21-13-20(15-3-1-4-18(30)12-15)27-22(28-21)29-9-2-7-25-8-10-29/h1,3-6,11-14,23,25,30H,2,7-10,24H2,(H,26,27,28)/p+1. The van der Waals surface area contributed by atoms with E-state index in [1.807, 2.05) is 24.3 Å². The molecular formula is C22H26N7O+. The monoisotopic (exact) mass is 404 g/mol. The topological polar surface area (TPSA) is 125 Å². The number of hydrogen-bond donors (Lipinski definition) is 5. The summed E-state index contributed by atoms with van der Waals surface area (Å²) in [6, 6.07) is 14.5. The van der Waals surface area contributed by atoms with E-state index in [0.29, 0.717) is 17.5 Å². The summed E-state index contributed by atoms with van der Waals surface area (Å²) in [4.78, 5) is 11.7. The normalized spacial score (nSPS) is 14.2. The van der Waals surface area contributed by atoms with Gasteiger partial charge >= 0.3 is 0 Å². The first kappa shape index (κ1) is 19.7. The fourth-order valence-corrected chi connectivity index (χ4v) is 3.44. The van der Waals surface area contributed by atoms with Crippen molar-refractivity contribution in [2.75, 3.05) is 42.1 Å². The number of hydrogen-bond acceptors (Lipinski definition) is 7. The van der Waals surface area contributed by atoms with Gasteiger partial charge in [0.2, 0.25) is 5.95 Å². The minimum atomic E-state index is 0.197. The molecule has 8 heteroatoms. The number of benzene rings is 2. The van der Waals surface area contributed by atoms with E-state index in [-0.39, 0.29) is 5.75 Å². The maximum atomic E-state index is 9.91. The van der Waals surface area contributed by atoms with Gasteiger partial charge < -0.3 is 26.4 Å². The fraction of sp³-hybridized carbons (Fsp3) is 0.227.